The first-order valence-corrected chi connectivity index (χ1v) is 5.01. The number of aromatic hydroxyl groups is 1. The van der Waals surface area contributed by atoms with E-state index in [9.17, 15) is 0 Å². The van der Waals surface area contributed by atoms with E-state index >= 15 is 0 Å². The molecular weight excluding hydrogens is 208 g/mol. The van der Waals surface area contributed by atoms with Gasteiger partial charge in [0.15, 0.2) is 12.4 Å². The lowest BCUT2D eigenvalue weighted by molar-refractivity contribution is 0.242. The first kappa shape index (κ1) is 10.5. The number of phenols is 1. The Kier molecular flexibility index (Phi) is 3.05. The highest BCUT2D eigenvalue weighted by molar-refractivity contribution is 5.30. The maximum absolute atomic E-state index is 9.08. The summed E-state index contributed by atoms with van der Waals surface area (Å²) in [7, 11) is 0. The Balaban J connectivity index is 1.94. The van der Waals surface area contributed by atoms with Crippen molar-refractivity contribution in [3.8, 4) is 11.5 Å². The first-order valence-electron chi connectivity index (χ1n) is 5.01. The van der Waals surface area contributed by atoms with Crippen molar-refractivity contribution in [1.29, 1.82) is 0 Å². The third-order valence-electron chi connectivity index (χ3n) is 2.03. The molecule has 84 valence electrons. The van der Waals surface area contributed by atoms with Crippen LogP contribution in [0, 0.1) is 0 Å². The molecule has 1 heterocycles. The molecule has 0 saturated heterocycles. The molecule has 2 aromatic rings. The highest BCUT2D eigenvalue weighted by Crippen LogP contribution is 2.16. The van der Waals surface area contributed by atoms with Crippen LogP contribution in [-0.4, -0.2) is 15.2 Å². The second-order valence-corrected chi connectivity index (χ2v) is 3.24. The van der Waals surface area contributed by atoms with Crippen LogP contribution in [-0.2, 0) is 13.0 Å². The predicted molar refractivity (Wildman–Crippen MR) is 56.1 cm³/mol. The van der Waals surface area contributed by atoms with E-state index in [1.54, 1.807) is 24.3 Å². The van der Waals surface area contributed by atoms with Crippen molar-refractivity contribution in [3.05, 3.63) is 36.0 Å². The molecular formula is C11H12N2O3. The number of hydrogen-bond acceptors (Lipinski definition) is 5. The van der Waals surface area contributed by atoms with E-state index in [1.807, 2.05) is 6.92 Å². The molecule has 0 spiro atoms. The largest absolute Gasteiger partial charge is 0.508 e. The summed E-state index contributed by atoms with van der Waals surface area (Å²) >= 11 is 0. The van der Waals surface area contributed by atoms with Gasteiger partial charge in [0.05, 0.1) is 0 Å². The van der Waals surface area contributed by atoms with Gasteiger partial charge in [0.25, 0.3) is 5.89 Å². The highest BCUT2D eigenvalue weighted by atomic mass is 16.5. The van der Waals surface area contributed by atoms with Crippen LogP contribution in [0.5, 0.6) is 11.5 Å². The summed E-state index contributed by atoms with van der Waals surface area (Å²) in [4.78, 5) is 4.11. The van der Waals surface area contributed by atoms with Crippen molar-refractivity contribution < 1.29 is 14.4 Å². The van der Waals surface area contributed by atoms with Crippen LogP contribution in [0.3, 0.4) is 0 Å². The van der Waals surface area contributed by atoms with Gasteiger partial charge in [0, 0.05) is 6.42 Å². The lowest BCUT2D eigenvalue weighted by Crippen LogP contribution is -1.95. The van der Waals surface area contributed by atoms with E-state index in [2.05, 4.69) is 10.1 Å². The molecule has 0 saturated carbocycles. The Hall–Kier alpha value is -2.04. The maximum Gasteiger partial charge on any atom is 0.264 e. The van der Waals surface area contributed by atoms with Crippen LogP contribution in [0.15, 0.2) is 28.8 Å². The normalized spacial score (nSPS) is 10.3. The van der Waals surface area contributed by atoms with Crippen LogP contribution < -0.4 is 4.74 Å². The monoisotopic (exact) mass is 220 g/mol. The van der Waals surface area contributed by atoms with E-state index in [0.717, 1.165) is 6.42 Å². The number of aromatic nitrogens is 2. The van der Waals surface area contributed by atoms with E-state index in [-0.39, 0.29) is 12.4 Å². The van der Waals surface area contributed by atoms with Gasteiger partial charge in [-0.1, -0.05) is 12.1 Å². The molecule has 0 bridgehead atoms. The molecule has 0 amide bonds. The number of rotatable bonds is 4. The summed E-state index contributed by atoms with van der Waals surface area (Å²) < 4.78 is 10.4. The molecule has 0 aliphatic carbocycles. The Morgan fingerprint density at radius 1 is 1.31 bits per heavy atom. The van der Waals surface area contributed by atoms with Crippen molar-refractivity contribution >= 4 is 0 Å². The second-order valence-electron chi connectivity index (χ2n) is 3.24. The first-order chi connectivity index (χ1) is 7.78. The fraction of sp³-hybridized carbons (Fsp3) is 0.273. The molecule has 1 N–H and O–H groups in total. The van der Waals surface area contributed by atoms with Crippen LogP contribution in [0.25, 0.3) is 0 Å². The van der Waals surface area contributed by atoms with Gasteiger partial charge in [-0.05, 0) is 24.3 Å². The van der Waals surface area contributed by atoms with Gasteiger partial charge in [0.2, 0.25) is 0 Å². The molecule has 0 aliphatic rings. The minimum Gasteiger partial charge on any atom is -0.508 e. The zero-order chi connectivity index (χ0) is 11.4. The molecule has 0 radical (unpaired) electrons. The maximum atomic E-state index is 9.08. The standard InChI is InChI=1S/C11H12N2O3/c1-2-10-12-11(16-13-10)7-15-9-5-3-8(14)4-6-9/h3-6,14H,2,7H2,1H3. The van der Waals surface area contributed by atoms with Crippen molar-refractivity contribution in [2.24, 2.45) is 0 Å². The zero-order valence-electron chi connectivity index (χ0n) is 8.88. The van der Waals surface area contributed by atoms with Gasteiger partial charge >= 0.3 is 0 Å². The minimum absolute atomic E-state index is 0.207. The Bertz CT molecular complexity index is 451. The zero-order valence-corrected chi connectivity index (χ0v) is 8.88. The molecule has 1 aromatic carbocycles. The van der Waals surface area contributed by atoms with Gasteiger partial charge in [-0.25, -0.2) is 0 Å². The summed E-state index contributed by atoms with van der Waals surface area (Å²) in [5.41, 5.74) is 0. The average Bonchev–Trinajstić information content (AvgIpc) is 2.76. The van der Waals surface area contributed by atoms with E-state index < -0.39 is 0 Å². The third-order valence-corrected chi connectivity index (χ3v) is 2.03. The summed E-state index contributed by atoms with van der Waals surface area (Å²) in [5, 5.41) is 12.8. The van der Waals surface area contributed by atoms with Crippen molar-refractivity contribution in [2.75, 3.05) is 0 Å². The van der Waals surface area contributed by atoms with Gasteiger partial charge in [-0.2, -0.15) is 4.98 Å². The summed E-state index contributed by atoms with van der Waals surface area (Å²) in [6, 6.07) is 6.46. The van der Waals surface area contributed by atoms with Crippen LogP contribution in [0.2, 0.25) is 0 Å². The number of ether oxygens (including phenoxy) is 1. The van der Waals surface area contributed by atoms with Gasteiger partial charge in [0.1, 0.15) is 11.5 Å². The molecule has 1 aromatic heterocycles. The minimum atomic E-state index is 0.207. The lowest BCUT2D eigenvalue weighted by atomic mass is 10.3. The summed E-state index contributed by atoms with van der Waals surface area (Å²) in [5.74, 6) is 1.97. The van der Waals surface area contributed by atoms with E-state index in [0.29, 0.717) is 17.5 Å². The molecule has 0 aliphatic heterocycles. The van der Waals surface area contributed by atoms with Gasteiger partial charge < -0.3 is 14.4 Å². The number of phenolic OH excluding ortho intramolecular Hbond substituents is 1. The Morgan fingerprint density at radius 2 is 2.06 bits per heavy atom. The number of nitrogens with zero attached hydrogens (tertiary/aromatic N) is 2. The predicted octanol–water partition coefficient (Wildman–Crippen LogP) is 1.92. The Labute approximate surface area is 92.7 Å². The molecule has 5 heteroatoms. The fourth-order valence-electron chi connectivity index (χ4n) is 1.18. The van der Waals surface area contributed by atoms with E-state index in [1.165, 1.54) is 0 Å². The van der Waals surface area contributed by atoms with Gasteiger partial charge in [-0.3, -0.25) is 0 Å². The van der Waals surface area contributed by atoms with Crippen molar-refractivity contribution in [3.63, 3.8) is 0 Å². The topological polar surface area (TPSA) is 68.4 Å². The van der Waals surface area contributed by atoms with Crippen LogP contribution in [0.4, 0.5) is 0 Å². The molecule has 2 rings (SSSR count). The second kappa shape index (κ2) is 4.65. The summed E-state index contributed by atoms with van der Waals surface area (Å²) in [6.07, 6.45) is 0.739. The van der Waals surface area contributed by atoms with Crippen molar-refractivity contribution in [1.82, 2.24) is 10.1 Å². The highest BCUT2D eigenvalue weighted by Gasteiger charge is 2.04. The molecule has 0 fully saturated rings. The van der Waals surface area contributed by atoms with E-state index in [4.69, 9.17) is 14.4 Å². The number of benzene rings is 1. The molecule has 16 heavy (non-hydrogen) atoms. The summed E-state index contributed by atoms with van der Waals surface area (Å²) in [6.45, 7) is 2.19. The smallest absolute Gasteiger partial charge is 0.264 e. The Morgan fingerprint density at radius 3 is 2.69 bits per heavy atom. The van der Waals surface area contributed by atoms with Crippen molar-refractivity contribution in [2.45, 2.75) is 20.0 Å². The SMILES string of the molecule is CCc1noc(COc2ccc(O)cc2)n1. The molecule has 0 atom stereocenters. The van der Waals surface area contributed by atoms with Crippen LogP contribution >= 0.6 is 0 Å². The fourth-order valence-corrected chi connectivity index (χ4v) is 1.18. The number of hydrogen-bond donors (Lipinski definition) is 1. The van der Waals surface area contributed by atoms with Gasteiger partial charge in [-0.15, -0.1) is 0 Å². The lowest BCUT2D eigenvalue weighted by Gasteiger charge is -2.02. The molecule has 0 unspecified atom stereocenters. The molecule has 5 nitrogen and oxygen atoms in total. The quantitative estimate of drug-likeness (QED) is 0.852. The van der Waals surface area contributed by atoms with Crippen LogP contribution in [0.1, 0.15) is 18.6 Å². The average molecular weight is 220 g/mol. The third kappa shape index (κ3) is 2.50. The number of aryl methyl sites for hydroxylation is 1.